The van der Waals surface area contributed by atoms with Crippen LogP contribution in [0.3, 0.4) is 0 Å². The molecule has 0 bridgehead atoms. The number of rotatable bonds is 3. The first-order valence-electron chi connectivity index (χ1n) is 6.83. The first-order chi connectivity index (χ1) is 10.8. The summed E-state index contributed by atoms with van der Waals surface area (Å²) in [7, 11) is 0. The number of nitrogens with one attached hydrogen (secondary N) is 1. The lowest BCUT2D eigenvalue weighted by molar-refractivity contribution is -0.131. The molecule has 1 atom stereocenters. The number of hydrogen-bond donors (Lipinski definition) is 1. The van der Waals surface area contributed by atoms with Gasteiger partial charge in [-0.1, -0.05) is 34.4 Å². The molecule has 0 radical (unpaired) electrons. The Balaban J connectivity index is 1.93. The highest BCUT2D eigenvalue weighted by atomic mass is 35.5. The van der Waals surface area contributed by atoms with Crippen molar-refractivity contribution in [3.63, 3.8) is 0 Å². The molecule has 1 saturated heterocycles. The van der Waals surface area contributed by atoms with E-state index in [1.807, 2.05) is 0 Å². The summed E-state index contributed by atoms with van der Waals surface area (Å²) in [5.74, 6) is 0.0122. The second kappa shape index (κ2) is 5.54. The molecule has 8 heteroatoms. The number of aryl methyl sites for hydroxylation is 1. The number of nitrogens with zero attached hydrogens (tertiary/aromatic N) is 2. The van der Waals surface area contributed by atoms with Crippen molar-refractivity contribution in [1.82, 2.24) is 15.4 Å². The quantitative estimate of drug-likeness (QED) is 0.859. The average Bonchev–Trinajstić information content (AvgIpc) is 2.96. The van der Waals surface area contributed by atoms with Gasteiger partial charge < -0.3 is 9.84 Å². The molecule has 120 valence electrons. The number of urea groups is 1. The highest BCUT2D eigenvalue weighted by molar-refractivity contribution is 6.35. The third-order valence-electron chi connectivity index (χ3n) is 3.74. The van der Waals surface area contributed by atoms with Crippen LogP contribution in [0.1, 0.15) is 23.9 Å². The van der Waals surface area contributed by atoms with Gasteiger partial charge in [0.2, 0.25) is 0 Å². The van der Waals surface area contributed by atoms with Crippen LogP contribution in [-0.2, 0) is 16.9 Å². The van der Waals surface area contributed by atoms with Crippen molar-refractivity contribution in [2.75, 3.05) is 0 Å². The minimum atomic E-state index is -1.26. The Labute approximate surface area is 142 Å². The van der Waals surface area contributed by atoms with Crippen molar-refractivity contribution >= 4 is 35.1 Å². The second-order valence-corrected chi connectivity index (χ2v) is 6.35. The molecular formula is C15H13Cl2N3O3. The summed E-state index contributed by atoms with van der Waals surface area (Å²) in [5, 5.41) is 7.19. The number of amides is 3. The molecule has 0 spiro atoms. The normalized spacial score (nSPS) is 21.0. The van der Waals surface area contributed by atoms with Gasteiger partial charge in [-0.25, -0.2) is 4.79 Å². The number of carbonyl (C=O) groups excluding carboxylic acids is 2. The first-order valence-corrected chi connectivity index (χ1v) is 7.58. The van der Waals surface area contributed by atoms with Gasteiger partial charge in [0.25, 0.3) is 5.91 Å². The zero-order chi connectivity index (χ0) is 16.8. The second-order valence-electron chi connectivity index (χ2n) is 5.51. The number of carbonyl (C=O) groups is 2. The van der Waals surface area contributed by atoms with Gasteiger partial charge in [0.15, 0.2) is 5.76 Å². The Morgan fingerprint density at radius 1 is 1.30 bits per heavy atom. The molecule has 1 aliphatic heterocycles. The van der Waals surface area contributed by atoms with E-state index in [1.165, 1.54) is 6.07 Å². The molecule has 3 amide bonds. The van der Waals surface area contributed by atoms with Crippen molar-refractivity contribution in [2.24, 2.45) is 0 Å². The maximum absolute atomic E-state index is 12.8. The van der Waals surface area contributed by atoms with Crippen molar-refractivity contribution in [3.05, 3.63) is 51.3 Å². The molecule has 1 fully saturated rings. The predicted molar refractivity (Wildman–Crippen MR) is 84.1 cm³/mol. The van der Waals surface area contributed by atoms with Crippen LogP contribution in [0.4, 0.5) is 4.79 Å². The summed E-state index contributed by atoms with van der Waals surface area (Å²) in [5.41, 5.74) is -0.0953. The first kappa shape index (κ1) is 15.8. The van der Waals surface area contributed by atoms with Gasteiger partial charge in [-0.2, -0.15) is 0 Å². The summed E-state index contributed by atoms with van der Waals surface area (Å²) < 4.78 is 5.07. The van der Waals surface area contributed by atoms with Crippen LogP contribution in [0.5, 0.6) is 0 Å². The van der Waals surface area contributed by atoms with Gasteiger partial charge in [0.1, 0.15) is 5.54 Å². The molecule has 23 heavy (non-hydrogen) atoms. The van der Waals surface area contributed by atoms with Crippen LogP contribution in [-0.4, -0.2) is 22.0 Å². The standard InChI is InChI=1S/C15H13Cl2N3O3/c1-8-5-10(23-19-8)7-20-13(21)15(2,18-14(20)22)11-4-3-9(16)6-12(11)17/h3-6H,7H2,1-2H3,(H,18,22). The van der Waals surface area contributed by atoms with E-state index in [4.69, 9.17) is 27.7 Å². The van der Waals surface area contributed by atoms with Crippen molar-refractivity contribution in [1.29, 1.82) is 0 Å². The number of benzene rings is 1. The summed E-state index contributed by atoms with van der Waals surface area (Å²) in [6.45, 7) is 3.37. The van der Waals surface area contributed by atoms with Crippen LogP contribution in [0, 0.1) is 6.92 Å². The van der Waals surface area contributed by atoms with E-state index in [-0.39, 0.29) is 6.54 Å². The van der Waals surface area contributed by atoms with Gasteiger partial charge in [-0.05, 0) is 26.0 Å². The van der Waals surface area contributed by atoms with Crippen LogP contribution in [0.15, 0.2) is 28.8 Å². The molecule has 1 aromatic carbocycles. The maximum atomic E-state index is 12.8. The van der Waals surface area contributed by atoms with Gasteiger partial charge in [-0.15, -0.1) is 0 Å². The third kappa shape index (κ3) is 2.68. The lowest BCUT2D eigenvalue weighted by atomic mass is 9.92. The fraction of sp³-hybridized carbons (Fsp3) is 0.267. The minimum absolute atomic E-state index is 0.00626. The zero-order valence-corrected chi connectivity index (χ0v) is 13.9. The topological polar surface area (TPSA) is 75.4 Å². The molecule has 2 heterocycles. The summed E-state index contributed by atoms with van der Waals surface area (Å²) in [6.07, 6.45) is 0. The predicted octanol–water partition coefficient (Wildman–Crippen LogP) is 3.26. The average molecular weight is 354 g/mol. The van der Waals surface area contributed by atoms with Gasteiger partial charge in [0, 0.05) is 21.7 Å². The fourth-order valence-electron chi connectivity index (χ4n) is 2.56. The van der Waals surface area contributed by atoms with E-state index in [1.54, 1.807) is 32.0 Å². The van der Waals surface area contributed by atoms with Gasteiger partial charge in [0.05, 0.1) is 12.2 Å². The van der Waals surface area contributed by atoms with E-state index < -0.39 is 17.5 Å². The smallest absolute Gasteiger partial charge is 0.325 e. The Morgan fingerprint density at radius 2 is 2.04 bits per heavy atom. The highest BCUT2D eigenvalue weighted by Gasteiger charge is 2.50. The molecule has 1 aliphatic rings. The molecule has 1 N–H and O–H groups in total. The molecule has 2 aromatic rings. The largest absolute Gasteiger partial charge is 0.359 e. The van der Waals surface area contributed by atoms with E-state index in [0.717, 1.165) is 4.90 Å². The molecule has 1 unspecified atom stereocenters. The summed E-state index contributed by atoms with van der Waals surface area (Å²) >= 11 is 12.1. The van der Waals surface area contributed by atoms with E-state index in [9.17, 15) is 9.59 Å². The number of hydrogen-bond acceptors (Lipinski definition) is 4. The maximum Gasteiger partial charge on any atom is 0.325 e. The molecule has 3 rings (SSSR count). The fourth-order valence-corrected chi connectivity index (χ4v) is 3.16. The Kier molecular flexibility index (Phi) is 3.82. The third-order valence-corrected chi connectivity index (χ3v) is 4.28. The van der Waals surface area contributed by atoms with Gasteiger partial charge >= 0.3 is 6.03 Å². The lowest BCUT2D eigenvalue weighted by Crippen LogP contribution is -2.41. The van der Waals surface area contributed by atoms with Gasteiger partial charge in [-0.3, -0.25) is 9.69 Å². The Morgan fingerprint density at radius 3 is 2.65 bits per heavy atom. The molecule has 1 aromatic heterocycles. The molecule has 0 aliphatic carbocycles. The van der Waals surface area contributed by atoms with E-state index >= 15 is 0 Å². The van der Waals surface area contributed by atoms with Crippen molar-refractivity contribution in [2.45, 2.75) is 25.9 Å². The van der Waals surface area contributed by atoms with Crippen molar-refractivity contribution < 1.29 is 14.1 Å². The van der Waals surface area contributed by atoms with E-state index in [0.29, 0.717) is 27.1 Å². The highest BCUT2D eigenvalue weighted by Crippen LogP contribution is 2.35. The molecule has 6 nitrogen and oxygen atoms in total. The van der Waals surface area contributed by atoms with Crippen molar-refractivity contribution in [3.8, 4) is 0 Å². The molecular weight excluding hydrogens is 341 g/mol. The Bertz CT molecular complexity index is 805. The van der Waals surface area contributed by atoms with E-state index in [2.05, 4.69) is 10.5 Å². The van der Waals surface area contributed by atoms with Crippen LogP contribution < -0.4 is 5.32 Å². The monoisotopic (exact) mass is 353 g/mol. The number of halogens is 2. The summed E-state index contributed by atoms with van der Waals surface area (Å²) in [6, 6.07) is 5.94. The Hall–Kier alpha value is -2.05. The van der Waals surface area contributed by atoms with Crippen LogP contribution >= 0.6 is 23.2 Å². The zero-order valence-electron chi connectivity index (χ0n) is 12.4. The molecule has 0 saturated carbocycles. The lowest BCUT2D eigenvalue weighted by Gasteiger charge is -2.23. The number of imide groups is 1. The minimum Gasteiger partial charge on any atom is -0.359 e. The SMILES string of the molecule is Cc1cc(CN2C(=O)NC(C)(c3ccc(Cl)cc3Cl)C2=O)on1. The number of aromatic nitrogens is 1. The van der Waals surface area contributed by atoms with Crippen LogP contribution in [0.2, 0.25) is 10.0 Å². The van der Waals surface area contributed by atoms with Crippen LogP contribution in [0.25, 0.3) is 0 Å². The summed E-state index contributed by atoms with van der Waals surface area (Å²) in [4.78, 5) is 26.1.